The van der Waals surface area contributed by atoms with E-state index < -0.39 is 17.8 Å². The van der Waals surface area contributed by atoms with E-state index in [0.29, 0.717) is 15.3 Å². The van der Waals surface area contributed by atoms with Gasteiger partial charge in [-0.05, 0) is 31.7 Å². The van der Waals surface area contributed by atoms with E-state index in [1.165, 1.54) is 24.9 Å². The molecule has 0 bridgehead atoms. The zero-order chi connectivity index (χ0) is 21.3. The summed E-state index contributed by atoms with van der Waals surface area (Å²) in [5, 5.41) is 3.18. The monoisotopic (exact) mass is 445 g/mol. The summed E-state index contributed by atoms with van der Waals surface area (Å²) in [5.41, 5.74) is -0.493. The summed E-state index contributed by atoms with van der Waals surface area (Å²) in [5.74, 6) is -0.279. The first kappa shape index (κ1) is 21.2. The summed E-state index contributed by atoms with van der Waals surface area (Å²) >= 11 is 7.21. The number of anilines is 1. The highest BCUT2D eigenvalue weighted by Crippen LogP contribution is 2.31. The SMILES string of the molecule is CSc1cnc(CNc2nc3c(C)nc(Cl)nc3n(C(C)C(F)(F)F)c2=O)cn1. The highest BCUT2D eigenvalue weighted by Gasteiger charge is 2.39. The molecule has 8 nitrogen and oxygen atoms in total. The fraction of sp³-hybridized carbons (Fsp3) is 0.375. The Morgan fingerprint density at radius 3 is 2.55 bits per heavy atom. The molecule has 0 fully saturated rings. The lowest BCUT2D eigenvalue weighted by molar-refractivity contribution is -0.162. The van der Waals surface area contributed by atoms with Gasteiger partial charge in [-0.2, -0.15) is 18.2 Å². The van der Waals surface area contributed by atoms with Crippen LogP contribution in [0.3, 0.4) is 0 Å². The molecule has 0 aliphatic heterocycles. The number of alkyl halides is 3. The second kappa shape index (κ2) is 8.11. The average molecular weight is 446 g/mol. The number of nitrogens with one attached hydrogen (secondary N) is 1. The Hall–Kier alpha value is -2.47. The van der Waals surface area contributed by atoms with Crippen LogP contribution < -0.4 is 10.9 Å². The van der Waals surface area contributed by atoms with Crippen LogP contribution in [-0.2, 0) is 6.54 Å². The van der Waals surface area contributed by atoms with E-state index in [1.807, 2.05) is 6.26 Å². The molecule has 1 atom stereocenters. The van der Waals surface area contributed by atoms with Crippen LogP contribution >= 0.6 is 23.4 Å². The van der Waals surface area contributed by atoms with Crippen LogP contribution in [-0.4, -0.2) is 41.9 Å². The summed E-state index contributed by atoms with van der Waals surface area (Å²) < 4.78 is 40.7. The van der Waals surface area contributed by atoms with Gasteiger partial charge < -0.3 is 5.32 Å². The fourth-order valence-electron chi connectivity index (χ4n) is 2.52. The zero-order valence-electron chi connectivity index (χ0n) is 15.5. The summed E-state index contributed by atoms with van der Waals surface area (Å²) in [6.07, 6.45) is 0.228. The van der Waals surface area contributed by atoms with Crippen LogP contribution in [0.25, 0.3) is 11.2 Å². The summed E-state index contributed by atoms with van der Waals surface area (Å²) in [4.78, 5) is 33.0. The lowest BCUT2D eigenvalue weighted by atomic mass is 10.3. The van der Waals surface area contributed by atoms with E-state index in [9.17, 15) is 18.0 Å². The second-order valence-electron chi connectivity index (χ2n) is 6.01. The van der Waals surface area contributed by atoms with Crippen molar-refractivity contribution in [3.8, 4) is 0 Å². The zero-order valence-corrected chi connectivity index (χ0v) is 17.0. The van der Waals surface area contributed by atoms with Crippen molar-refractivity contribution in [2.75, 3.05) is 11.6 Å². The average Bonchev–Trinajstić information content (AvgIpc) is 2.66. The molecule has 1 unspecified atom stereocenters. The summed E-state index contributed by atoms with van der Waals surface area (Å²) in [6, 6.07) is -2.15. The number of nitrogens with zero attached hydrogens (tertiary/aromatic N) is 6. The Morgan fingerprint density at radius 1 is 1.24 bits per heavy atom. The van der Waals surface area contributed by atoms with Gasteiger partial charge in [0.25, 0.3) is 5.56 Å². The van der Waals surface area contributed by atoms with Gasteiger partial charge in [0.05, 0.1) is 30.3 Å². The van der Waals surface area contributed by atoms with E-state index in [4.69, 9.17) is 11.6 Å². The van der Waals surface area contributed by atoms with Crippen LogP contribution in [0, 0.1) is 6.92 Å². The molecule has 0 amide bonds. The van der Waals surface area contributed by atoms with E-state index >= 15 is 0 Å². The van der Waals surface area contributed by atoms with Crippen LogP contribution in [0.5, 0.6) is 0 Å². The number of fused-ring (bicyclic) bond motifs is 1. The Labute approximate surface area is 172 Å². The van der Waals surface area contributed by atoms with Gasteiger partial charge in [-0.25, -0.2) is 15.0 Å². The van der Waals surface area contributed by atoms with Gasteiger partial charge >= 0.3 is 6.18 Å². The smallest absolute Gasteiger partial charge is 0.360 e. The molecule has 0 saturated carbocycles. The number of hydrogen-bond donors (Lipinski definition) is 1. The molecule has 0 aliphatic carbocycles. The lowest BCUT2D eigenvalue weighted by Crippen LogP contribution is -2.35. The van der Waals surface area contributed by atoms with Crippen molar-refractivity contribution in [3.05, 3.63) is 39.4 Å². The maximum Gasteiger partial charge on any atom is 0.409 e. The Balaban J connectivity index is 2.09. The van der Waals surface area contributed by atoms with Gasteiger partial charge in [0, 0.05) is 0 Å². The first-order valence-electron chi connectivity index (χ1n) is 8.23. The van der Waals surface area contributed by atoms with Crippen molar-refractivity contribution < 1.29 is 13.2 Å². The predicted molar refractivity (Wildman–Crippen MR) is 103 cm³/mol. The largest absolute Gasteiger partial charge is 0.409 e. The quantitative estimate of drug-likeness (QED) is 0.471. The molecular formula is C16H15ClF3N7OS. The minimum atomic E-state index is -4.68. The molecule has 1 N–H and O–H groups in total. The molecule has 3 rings (SSSR count). The van der Waals surface area contributed by atoms with E-state index in [2.05, 4.69) is 30.2 Å². The second-order valence-corrected chi connectivity index (χ2v) is 7.17. The Kier molecular flexibility index (Phi) is 5.94. The molecule has 0 aliphatic rings. The van der Waals surface area contributed by atoms with Crippen molar-refractivity contribution in [1.82, 2.24) is 29.5 Å². The molecule has 3 aromatic rings. The van der Waals surface area contributed by atoms with E-state index in [-0.39, 0.29) is 34.5 Å². The van der Waals surface area contributed by atoms with Gasteiger partial charge in [-0.15, -0.1) is 11.8 Å². The van der Waals surface area contributed by atoms with Crippen LogP contribution in [0.15, 0.2) is 22.2 Å². The first-order valence-corrected chi connectivity index (χ1v) is 9.84. The van der Waals surface area contributed by atoms with Gasteiger partial charge in [-0.1, -0.05) is 0 Å². The molecular weight excluding hydrogens is 431 g/mol. The van der Waals surface area contributed by atoms with Gasteiger partial charge in [0.1, 0.15) is 16.6 Å². The maximum absolute atomic E-state index is 13.4. The van der Waals surface area contributed by atoms with Crippen molar-refractivity contribution in [2.45, 2.75) is 37.6 Å². The molecule has 0 spiro atoms. The lowest BCUT2D eigenvalue weighted by Gasteiger charge is -2.21. The van der Waals surface area contributed by atoms with Crippen molar-refractivity contribution in [2.24, 2.45) is 0 Å². The number of halogens is 4. The molecule has 0 radical (unpaired) electrons. The minimum absolute atomic E-state index is 0.0383. The molecule has 0 saturated heterocycles. The number of aryl methyl sites for hydroxylation is 1. The fourth-order valence-corrected chi connectivity index (χ4v) is 3.05. The highest BCUT2D eigenvalue weighted by molar-refractivity contribution is 7.98. The number of aromatic nitrogens is 6. The summed E-state index contributed by atoms with van der Waals surface area (Å²) in [7, 11) is 0. The van der Waals surface area contributed by atoms with E-state index in [1.54, 1.807) is 6.20 Å². The number of thioether (sulfide) groups is 1. The first-order chi connectivity index (χ1) is 13.6. The minimum Gasteiger partial charge on any atom is -0.360 e. The molecule has 3 heterocycles. The maximum atomic E-state index is 13.4. The van der Waals surface area contributed by atoms with Crippen molar-refractivity contribution in [3.63, 3.8) is 0 Å². The topological polar surface area (TPSA) is 98.5 Å². The molecule has 13 heteroatoms. The Morgan fingerprint density at radius 2 is 1.97 bits per heavy atom. The summed E-state index contributed by atoms with van der Waals surface area (Å²) in [6.45, 7) is 2.43. The third-order valence-corrected chi connectivity index (χ3v) is 4.87. The number of rotatable bonds is 5. The number of hydrogen-bond acceptors (Lipinski definition) is 8. The standard InChI is InChI=1S/C16H15ClF3N7OS/c1-7-11-13(26-15(17)24-7)27(8(2)16(18,19)20)14(28)12(25-11)23-5-9-4-22-10(29-3)6-21-9/h4,6,8H,5H2,1-3H3,(H,23,25). The molecule has 3 aromatic heterocycles. The third-order valence-electron chi connectivity index (χ3n) is 4.07. The van der Waals surface area contributed by atoms with Gasteiger partial charge in [-0.3, -0.25) is 14.3 Å². The van der Waals surface area contributed by atoms with Crippen LogP contribution in [0.4, 0.5) is 19.0 Å². The normalized spacial score (nSPS) is 12.9. The molecule has 154 valence electrons. The third kappa shape index (κ3) is 4.42. The van der Waals surface area contributed by atoms with Crippen molar-refractivity contribution in [1.29, 1.82) is 0 Å². The Bertz CT molecular complexity index is 1100. The highest BCUT2D eigenvalue weighted by atomic mass is 35.5. The molecule has 29 heavy (non-hydrogen) atoms. The van der Waals surface area contributed by atoms with Crippen molar-refractivity contribution >= 4 is 40.3 Å². The molecule has 0 aromatic carbocycles. The predicted octanol–water partition coefficient (Wildman–Crippen LogP) is 3.40. The van der Waals surface area contributed by atoms with Gasteiger partial charge in [0.2, 0.25) is 5.28 Å². The van der Waals surface area contributed by atoms with Crippen LogP contribution in [0.1, 0.15) is 24.4 Å². The van der Waals surface area contributed by atoms with Crippen LogP contribution in [0.2, 0.25) is 5.28 Å². The van der Waals surface area contributed by atoms with E-state index in [0.717, 1.165) is 6.92 Å². The van der Waals surface area contributed by atoms with Gasteiger partial charge in [0.15, 0.2) is 11.5 Å².